The van der Waals surface area contributed by atoms with Crippen molar-refractivity contribution in [1.29, 1.82) is 0 Å². The maximum Gasteiger partial charge on any atom is 0.323 e. The number of para-hydroxylation sites is 1. The molecule has 1 fully saturated rings. The highest BCUT2D eigenvalue weighted by atomic mass is 32.2. The molecule has 176 valence electrons. The van der Waals surface area contributed by atoms with Crippen molar-refractivity contribution in [3.05, 3.63) is 59.8 Å². The second kappa shape index (κ2) is 8.39. The van der Waals surface area contributed by atoms with Crippen molar-refractivity contribution in [1.82, 2.24) is 8.87 Å². The molecule has 1 amide bonds. The normalized spacial score (nSPS) is 18.1. The smallest absolute Gasteiger partial charge is 0.323 e. The van der Waals surface area contributed by atoms with Crippen molar-refractivity contribution in [2.45, 2.75) is 11.4 Å². The minimum atomic E-state index is -3.73. The minimum absolute atomic E-state index is 0.121. The average Bonchev–Trinajstić information content (AvgIpc) is 3.29. The molecule has 5 rings (SSSR count). The number of hydrogen-bond donors (Lipinski definition) is 1. The monoisotopic (exact) mass is 481 g/mol. The van der Waals surface area contributed by atoms with E-state index in [-0.39, 0.29) is 30.4 Å². The molecule has 1 saturated heterocycles. The van der Waals surface area contributed by atoms with Gasteiger partial charge in [-0.1, -0.05) is 18.2 Å². The number of carbonyl (C=O) groups excluding carboxylic acids is 1. The van der Waals surface area contributed by atoms with Crippen molar-refractivity contribution in [2.24, 2.45) is 0 Å². The average molecular weight is 482 g/mol. The lowest BCUT2D eigenvalue weighted by molar-refractivity contribution is -0.137. The maximum atomic E-state index is 13.2. The molecule has 10 heteroatoms. The second-order valence-corrected chi connectivity index (χ2v) is 10.2. The summed E-state index contributed by atoms with van der Waals surface area (Å²) < 4.78 is 34.7. The van der Waals surface area contributed by atoms with Crippen LogP contribution < -0.4 is 4.90 Å². The van der Waals surface area contributed by atoms with E-state index in [2.05, 4.69) is 0 Å². The zero-order valence-electron chi connectivity index (χ0n) is 18.5. The summed E-state index contributed by atoms with van der Waals surface area (Å²) >= 11 is 0. The zero-order chi connectivity index (χ0) is 24.0. The molecule has 0 aliphatic carbocycles. The molecule has 9 nitrogen and oxygen atoms in total. The van der Waals surface area contributed by atoms with Crippen LogP contribution in [0.5, 0.6) is 0 Å². The first kappa shape index (κ1) is 22.3. The van der Waals surface area contributed by atoms with Crippen LogP contribution in [0, 0.1) is 0 Å². The van der Waals surface area contributed by atoms with Crippen LogP contribution in [0.1, 0.15) is 11.1 Å². The van der Waals surface area contributed by atoms with Gasteiger partial charge >= 0.3 is 5.97 Å². The predicted octanol–water partition coefficient (Wildman–Crippen LogP) is 2.26. The number of aromatic nitrogens is 1. The number of ether oxygens (including phenoxy) is 1. The van der Waals surface area contributed by atoms with Crippen molar-refractivity contribution in [3.63, 3.8) is 0 Å². The number of rotatable bonds is 5. The molecule has 2 aliphatic heterocycles. The van der Waals surface area contributed by atoms with Crippen molar-refractivity contribution >= 4 is 50.1 Å². The standard InChI is InChI=1S/C24H23N3O6S/c1-25-21-7-6-17(34(31,32)27-8-10-33-11-9-27)13-19(21)20(24(25)30)12-16-14-26(15-23(28)29)22-5-3-2-4-18(16)22/h2-7,12-14H,8-11,15H2,1H3,(H,28,29). The van der Waals surface area contributed by atoms with Crippen LogP contribution in [0.4, 0.5) is 5.69 Å². The van der Waals surface area contributed by atoms with Crippen LogP contribution in [-0.4, -0.2) is 67.6 Å². The number of morpholine rings is 1. The number of amides is 1. The van der Waals surface area contributed by atoms with Gasteiger partial charge in [0.25, 0.3) is 5.91 Å². The van der Waals surface area contributed by atoms with Gasteiger partial charge in [-0.25, -0.2) is 8.42 Å². The number of benzene rings is 2. The fourth-order valence-corrected chi connectivity index (χ4v) is 5.92. The van der Waals surface area contributed by atoms with E-state index in [1.807, 2.05) is 24.3 Å². The van der Waals surface area contributed by atoms with Crippen molar-refractivity contribution in [3.8, 4) is 0 Å². The molecule has 0 radical (unpaired) electrons. The molecule has 1 aromatic heterocycles. The molecule has 0 saturated carbocycles. The first-order chi connectivity index (χ1) is 16.3. The van der Waals surface area contributed by atoms with E-state index in [1.165, 1.54) is 15.3 Å². The number of fused-ring (bicyclic) bond motifs is 2. The number of nitrogens with zero attached hydrogens (tertiary/aromatic N) is 3. The summed E-state index contributed by atoms with van der Waals surface area (Å²) in [5.74, 6) is -1.23. The minimum Gasteiger partial charge on any atom is -0.480 e. The van der Waals surface area contributed by atoms with Crippen LogP contribution in [0.25, 0.3) is 22.6 Å². The number of anilines is 1. The summed E-state index contributed by atoms with van der Waals surface area (Å²) in [6.45, 7) is 1.04. The molecular formula is C24H23N3O6S. The Morgan fingerprint density at radius 1 is 1.15 bits per heavy atom. The third-order valence-corrected chi connectivity index (χ3v) is 8.08. The summed E-state index contributed by atoms with van der Waals surface area (Å²) in [7, 11) is -2.09. The van der Waals surface area contributed by atoms with Crippen molar-refractivity contribution < 1.29 is 27.9 Å². The molecule has 0 atom stereocenters. The van der Waals surface area contributed by atoms with Gasteiger partial charge in [-0.15, -0.1) is 0 Å². The lowest BCUT2D eigenvalue weighted by atomic mass is 10.0. The highest BCUT2D eigenvalue weighted by Gasteiger charge is 2.33. The Morgan fingerprint density at radius 2 is 1.88 bits per heavy atom. The van der Waals surface area contributed by atoms with Gasteiger partial charge in [0.15, 0.2) is 0 Å². The van der Waals surface area contributed by atoms with Gasteiger partial charge in [-0.3, -0.25) is 9.59 Å². The first-order valence-corrected chi connectivity index (χ1v) is 12.2. The number of carboxylic acid groups (broad SMARTS) is 1. The van der Waals surface area contributed by atoms with E-state index in [0.29, 0.717) is 35.6 Å². The Hall–Kier alpha value is -3.47. The fourth-order valence-electron chi connectivity index (χ4n) is 4.49. The van der Waals surface area contributed by atoms with E-state index in [0.717, 1.165) is 10.9 Å². The summed E-state index contributed by atoms with van der Waals surface area (Å²) in [6.07, 6.45) is 3.40. The predicted molar refractivity (Wildman–Crippen MR) is 127 cm³/mol. The largest absolute Gasteiger partial charge is 0.480 e. The Bertz CT molecular complexity index is 1450. The van der Waals surface area contributed by atoms with Crippen LogP contribution in [-0.2, 0) is 30.9 Å². The second-order valence-electron chi connectivity index (χ2n) is 8.24. The molecule has 1 N–H and O–H groups in total. The van der Waals surface area contributed by atoms with Crippen molar-refractivity contribution in [2.75, 3.05) is 38.3 Å². The maximum absolute atomic E-state index is 13.2. The Labute approximate surface area is 196 Å². The van der Waals surface area contributed by atoms with E-state index in [1.54, 1.807) is 36.0 Å². The first-order valence-electron chi connectivity index (χ1n) is 10.8. The summed E-state index contributed by atoms with van der Waals surface area (Å²) in [4.78, 5) is 26.1. The number of carbonyl (C=O) groups is 2. The SMILES string of the molecule is CN1C(=O)C(=Cc2cn(CC(=O)O)c3ccccc23)c2cc(S(=O)(=O)N3CCOCC3)ccc21. The van der Waals surface area contributed by atoms with Gasteiger partial charge in [-0.2, -0.15) is 4.31 Å². The van der Waals surface area contributed by atoms with Gasteiger partial charge in [-0.05, 0) is 30.3 Å². The van der Waals surface area contributed by atoms with E-state index >= 15 is 0 Å². The van der Waals surface area contributed by atoms with Crippen LogP contribution >= 0.6 is 0 Å². The summed E-state index contributed by atoms with van der Waals surface area (Å²) in [5, 5.41) is 10.1. The van der Waals surface area contributed by atoms with Crippen LogP contribution in [0.2, 0.25) is 0 Å². The third-order valence-electron chi connectivity index (χ3n) is 6.19. The highest BCUT2D eigenvalue weighted by Crippen LogP contribution is 2.39. The third kappa shape index (κ3) is 3.69. The number of hydrogen-bond acceptors (Lipinski definition) is 5. The number of sulfonamides is 1. The summed E-state index contributed by atoms with van der Waals surface area (Å²) in [6, 6.07) is 12.1. The van der Waals surface area contributed by atoms with Gasteiger partial charge in [0.1, 0.15) is 6.54 Å². The van der Waals surface area contributed by atoms with Gasteiger partial charge in [0.2, 0.25) is 10.0 Å². The molecule has 2 aliphatic rings. The van der Waals surface area contributed by atoms with E-state index in [4.69, 9.17) is 4.74 Å². The number of aliphatic carboxylic acids is 1. The Kier molecular flexibility index (Phi) is 5.51. The van der Waals surface area contributed by atoms with E-state index < -0.39 is 16.0 Å². The lowest BCUT2D eigenvalue weighted by Crippen LogP contribution is -2.40. The molecule has 0 unspecified atom stereocenters. The molecule has 0 bridgehead atoms. The highest BCUT2D eigenvalue weighted by molar-refractivity contribution is 7.89. The van der Waals surface area contributed by atoms with Crippen LogP contribution in [0.3, 0.4) is 0 Å². The van der Waals surface area contributed by atoms with Gasteiger partial charge in [0.05, 0.1) is 23.8 Å². The molecule has 2 aromatic carbocycles. The number of likely N-dealkylation sites (N-methyl/N-ethyl adjacent to an activating group) is 1. The molecule has 34 heavy (non-hydrogen) atoms. The Morgan fingerprint density at radius 3 is 2.62 bits per heavy atom. The number of carboxylic acids is 1. The van der Waals surface area contributed by atoms with Gasteiger partial charge < -0.3 is 19.3 Å². The van der Waals surface area contributed by atoms with E-state index in [9.17, 15) is 23.1 Å². The molecule has 0 spiro atoms. The topological polar surface area (TPSA) is 109 Å². The quantitative estimate of drug-likeness (QED) is 0.560. The molecule has 3 aromatic rings. The summed E-state index contributed by atoms with van der Waals surface area (Å²) in [5.41, 5.74) is 2.92. The zero-order valence-corrected chi connectivity index (χ0v) is 19.3. The molecule has 3 heterocycles. The fraction of sp³-hybridized carbons (Fsp3) is 0.250. The Balaban J connectivity index is 1.62. The van der Waals surface area contributed by atoms with Crippen LogP contribution in [0.15, 0.2) is 53.6 Å². The lowest BCUT2D eigenvalue weighted by Gasteiger charge is -2.26. The molecular weight excluding hydrogens is 458 g/mol. The van der Waals surface area contributed by atoms with Gasteiger partial charge in [0, 0.05) is 53.9 Å².